The van der Waals surface area contributed by atoms with Gasteiger partial charge in [0.2, 0.25) is 5.82 Å². The minimum Gasteiger partial charge on any atom is -0.283 e. The second kappa shape index (κ2) is 3.52. The summed E-state index contributed by atoms with van der Waals surface area (Å²) in [5.41, 5.74) is -0.300. The standard InChI is InChI=1S/C8H6FN5O/c1-14-12-8(11-13-14)7(15)6-5(9)3-2-4-10-6/h2-4H,1H3. The topological polar surface area (TPSA) is 73.6 Å². The van der Waals surface area contributed by atoms with Crippen molar-refractivity contribution >= 4 is 5.78 Å². The molecule has 0 amide bonds. The predicted octanol–water partition coefficient (Wildman–Crippen LogP) is -0.0248. The van der Waals surface area contributed by atoms with Gasteiger partial charge in [0, 0.05) is 6.20 Å². The van der Waals surface area contributed by atoms with Crippen LogP contribution in [0.5, 0.6) is 0 Å². The number of halogens is 1. The van der Waals surface area contributed by atoms with Crippen LogP contribution in [0.2, 0.25) is 0 Å². The average molecular weight is 207 g/mol. The first-order chi connectivity index (χ1) is 7.18. The van der Waals surface area contributed by atoms with Gasteiger partial charge in [-0.1, -0.05) is 0 Å². The summed E-state index contributed by atoms with van der Waals surface area (Å²) in [6, 6.07) is 2.55. The Labute approximate surface area is 83.7 Å². The van der Waals surface area contributed by atoms with E-state index in [9.17, 15) is 9.18 Å². The van der Waals surface area contributed by atoms with Crippen LogP contribution in [0, 0.1) is 5.82 Å². The highest BCUT2D eigenvalue weighted by Gasteiger charge is 2.19. The lowest BCUT2D eigenvalue weighted by atomic mass is 10.2. The van der Waals surface area contributed by atoms with E-state index in [1.807, 2.05) is 0 Å². The van der Waals surface area contributed by atoms with Crippen molar-refractivity contribution in [3.8, 4) is 0 Å². The van der Waals surface area contributed by atoms with Crippen molar-refractivity contribution in [2.24, 2.45) is 7.05 Å². The summed E-state index contributed by atoms with van der Waals surface area (Å²) in [5.74, 6) is -1.55. The largest absolute Gasteiger partial charge is 0.283 e. The molecule has 0 saturated carbocycles. The number of aryl methyl sites for hydroxylation is 1. The van der Waals surface area contributed by atoms with Gasteiger partial charge in [-0.05, 0) is 17.3 Å². The first kappa shape index (κ1) is 9.38. The van der Waals surface area contributed by atoms with Crippen molar-refractivity contribution in [2.45, 2.75) is 0 Å². The van der Waals surface area contributed by atoms with Crippen molar-refractivity contribution in [3.63, 3.8) is 0 Å². The number of carbonyl (C=O) groups excluding carboxylic acids is 1. The monoisotopic (exact) mass is 207 g/mol. The summed E-state index contributed by atoms with van der Waals surface area (Å²) >= 11 is 0. The molecule has 2 rings (SSSR count). The van der Waals surface area contributed by atoms with Gasteiger partial charge in [-0.3, -0.25) is 4.79 Å². The molecule has 6 nitrogen and oxygen atoms in total. The predicted molar refractivity (Wildman–Crippen MR) is 46.4 cm³/mol. The lowest BCUT2D eigenvalue weighted by molar-refractivity contribution is 0.102. The van der Waals surface area contributed by atoms with Crippen LogP contribution in [0.4, 0.5) is 4.39 Å². The number of rotatable bonds is 2. The number of aromatic nitrogens is 5. The third-order valence-corrected chi connectivity index (χ3v) is 1.68. The molecule has 0 N–H and O–H groups in total. The van der Waals surface area contributed by atoms with Crippen molar-refractivity contribution < 1.29 is 9.18 Å². The third-order valence-electron chi connectivity index (χ3n) is 1.68. The van der Waals surface area contributed by atoms with Gasteiger partial charge in [0.15, 0.2) is 11.5 Å². The highest BCUT2D eigenvalue weighted by molar-refractivity contribution is 6.04. The first-order valence-corrected chi connectivity index (χ1v) is 4.07. The molecule has 0 fully saturated rings. The van der Waals surface area contributed by atoms with Gasteiger partial charge in [-0.25, -0.2) is 9.37 Å². The number of pyridine rings is 1. The normalized spacial score (nSPS) is 10.3. The van der Waals surface area contributed by atoms with Gasteiger partial charge in [0.1, 0.15) is 0 Å². The summed E-state index contributed by atoms with van der Waals surface area (Å²) in [6.45, 7) is 0. The molecule has 0 radical (unpaired) electrons. The molecule has 2 aromatic heterocycles. The fourth-order valence-corrected chi connectivity index (χ4v) is 1.03. The Balaban J connectivity index is 2.41. The molecule has 0 saturated heterocycles. The molecule has 0 bridgehead atoms. The molecular formula is C8H6FN5O. The maximum Gasteiger partial charge on any atom is 0.255 e. The van der Waals surface area contributed by atoms with Crippen LogP contribution in [0.25, 0.3) is 0 Å². The average Bonchev–Trinajstić information content (AvgIpc) is 2.65. The van der Waals surface area contributed by atoms with E-state index in [0.29, 0.717) is 0 Å². The zero-order chi connectivity index (χ0) is 10.8. The Kier molecular flexibility index (Phi) is 2.20. The van der Waals surface area contributed by atoms with E-state index in [-0.39, 0.29) is 11.5 Å². The lowest BCUT2D eigenvalue weighted by Crippen LogP contribution is -2.09. The smallest absolute Gasteiger partial charge is 0.255 e. The summed E-state index contributed by atoms with van der Waals surface area (Å²) < 4.78 is 13.2. The molecule has 0 aliphatic carbocycles. The van der Waals surface area contributed by atoms with E-state index in [0.717, 1.165) is 10.9 Å². The van der Waals surface area contributed by atoms with Crippen LogP contribution >= 0.6 is 0 Å². The van der Waals surface area contributed by atoms with E-state index in [4.69, 9.17) is 0 Å². The van der Waals surface area contributed by atoms with Gasteiger partial charge in [-0.15, -0.1) is 10.2 Å². The molecule has 15 heavy (non-hydrogen) atoms. The van der Waals surface area contributed by atoms with E-state index in [2.05, 4.69) is 20.4 Å². The molecule has 0 atom stereocenters. The van der Waals surface area contributed by atoms with Gasteiger partial charge in [0.05, 0.1) is 7.05 Å². The fraction of sp³-hybridized carbons (Fsp3) is 0.125. The van der Waals surface area contributed by atoms with Crippen LogP contribution in [-0.2, 0) is 7.05 Å². The van der Waals surface area contributed by atoms with Gasteiger partial charge >= 0.3 is 0 Å². The third kappa shape index (κ3) is 1.71. The van der Waals surface area contributed by atoms with Crippen molar-refractivity contribution in [2.75, 3.05) is 0 Å². The number of ketones is 1. The number of carbonyl (C=O) groups is 1. The van der Waals surface area contributed by atoms with Crippen LogP contribution < -0.4 is 0 Å². The highest BCUT2D eigenvalue weighted by Crippen LogP contribution is 2.06. The Bertz CT molecular complexity index is 509. The molecule has 2 aromatic rings. The minimum atomic E-state index is -0.699. The van der Waals surface area contributed by atoms with Crippen LogP contribution in [0.3, 0.4) is 0 Å². The lowest BCUT2D eigenvalue weighted by Gasteiger charge is -1.95. The number of hydrogen-bond acceptors (Lipinski definition) is 5. The molecule has 7 heteroatoms. The molecule has 0 aliphatic rings. The molecule has 0 aliphatic heterocycles. The van der Waals surface area contributed by atoms with E-state index in [1.165, 1.54) is 19.3 Å². The van der Waals surface area contributed by atoms with Crippen molar-refractivity contribution in [1.29, 1.82) is 0 Å². The number of tetrazole rings is 1. The van der Waals surface area contributed by atoms with Gasteiger partial charge in [-0.2, -0.15) is 4.80 Å². The molecule has 0 spiro atoms. The number of hydrogen-bond donors (Lipinski definition) is 0. The minimum absolute atomic E-state index is 0.171. The maximum absolute atomic E-state index is 13.2. The molecule has 0 unspecified atom stereocenters. The molecular weight excluding hydrogens is 201 g/mol. The molecule has 2 heterocycles. The second-order valence-electron chi connectivity index (χ2n) is 2.77. The second-order valence-corrected chi connectivity index (χ2v) is 2.77. The SMILES string of the molecule is Cn1nnc(C(=O)c2ncccc2F)n1. The van der Waals surface area contributed by atoms with Crippen molar-refractivity contribution in [3.05, 3.63) is 35.7 Å². The Morgan fingerprint density at radius 1 is 1.53 bits per heavy atom. The summed E-state index contributed by atoms with van der Waals surface area (Å²) in [6.07, 6.45) is 1.33. The van der Waals surface area contributed by atoms with E-state index < -0.39 is 11.6 Å². The van der Waals surface area contributed by atoms with E-state index >= 15 is 0 Å². The summed E-state index contributed by atoms with van der Waals surface area (Å²) in [4.78, 5) is 16.3. The van der Waals surface area contributed by atoms with Crippen LogP contribution in [0.1, 0.15) is 16.3 Å². The van der Waals surface area contributed by atoms with Gasteiger partial charge < -0.3 is 0 Å². The first-order valence-electron chi connectivity index (χ1n) is 4.07. The zero-order valence-corrected chi connectivity index (χ0v) is 7.75. The Hall–Kier alpha value is -2.18. The van der Waals surface area contributed by atoms with Crippen LogP contribution in [-0.4, -0.2) is 31.0 Å². The summed E-state index contributed by atoms with van der Waals surface area (Å²) in [5, 5.41) is 10.6. The molecule has 76 valence electrons. The van der Waals surface area contributed by atoms with Crippen molar-refractivity contribution in [1.82, 2.24) is 25.2 Å². The highest BCUT2D eigenvalue weighted by atomic mass is 19.1. The van der Waals surface area contributed by atoms with Crippen LogP contribution in [0.15, 0.2) is 18.3 Å². The van der Waals surface area contributed by atoms with E-state index in [1.54, 1.807) is 0 Å². The maximum atomic E-state index is 13.2. The quantitative estimate of drug-likeness (QED) is 0.647. The Morgan fingerprint density at radius 3 is 2.93 bits per heavy atom. The Morgan fingerprint density at radius 2 is 2.33 bits per heavy atom. The molecule has 0 aromatic carbocycles. The fourth-order valence-electron chi connectivity index (χ4n) is 1.03. The van der Waals surface area contributed by atoms with Gasteiger partial charge in [0.25, 0.3) is 5.78 Å². The number of nitrogens with zero attached hydrogens (tertiary/aromatic N) is 5. The zero-order valence-electron chi connectivity index (χ0n) is 7.75. The summed E-state index contributed by atoms with van der Waals surface area (Å²) in [7, 11) is 1.51.